The van der Waals surface area contributed by atoms with Crippen LogP contribution in [-0.4, -0.2) is 24.4 Å². The molecule has 0 saturated heterocycles. The average Bonchev–Trinajstić information content (AvgIpc) is 2.31. The van der Waals surface area contributed by atoms with Gasteiger partial charge in [-0.15, -0.1) is 0 Å². The van der Waals surface area contributed by atoms with Crippen molar-refractivity contribution in [1.29, 1.82) is 0 Å². The summed E-state index contributed by atoms with van der Waals surface area (Å²) >= 11 is 0. The zero-order chi connectivity index (χ0) is 13.7. The molecule has 7 heteroatoms. The van der Waals surface area contributed by atoms with E-state index in [1.807, 2.05) is 0 Å². The number of benzene rings is 1. The third-order valence-corrected chi connectivity index (χ3v) is 2.38. The van der Waals surface area contributed by atoms with Gasteiger partial charge in [0, 0.05) is 18.5 Å². The molecule has 98 valence electrons. The first kappa shape index (κ1) is 14.0. The van der Waals surface area contributed by atoms with Crippen LogP contribution in [0.4, 0.5) is 15.8 Å². The molecular formula is C11H14FN3O3. The molecule has 0 aliphatic carbocycles. The van der Waals surface area contributed by atoms with Crippen molar-refractivity contribution in [3.63, 3.8) is 0 Å². The summed E-state index contributed by atoms with van der Waals surface area (Å²) < 4.78 is 13.5. The highest BCUT2D eigenvalue weighted by atomic mass is 19.1. The summed E-state index contributed by atoms with van der Waals surface area (Å²) in [5, 5.41) is 15.6. The van der Waals surface area contributed by atoms with Crippen LogP contribution >= 0.6 is 0 Å². The van der Waals surface area contributed by atoms with E-state index in [1.165, 1.54) is 6.07 Å². The number of halogens is 1. The predicted octanol–water partition coefficient (Wildman–Crippen LogP) is 1.53. The minimum atomic E-state index is -0.825. The first-order valence-corrected chi connectivity index (χ1v) is 5.35. The number of nitrogens with one attached hydrogen (secondary N) is 2. The van der Waals surface area contributed by atoms with Crippen LogP contribution in [0, 0.1) is 21.8 Å². The molecule has 0 aromatic heterocycles. The zero-order valence-corrected chi connectivity index (χ0v) is 10.1. The van der Waals surface area contributed by atoms with E-state index in [4.69, 9.17) is 0 Å². The van der Waals surface area contributed by atoms with Crippen molar-refractivity contribution < 1.29 is 14.1 Å². The summed E-state index contributed by atoms with van der Waals surface area (Å²) in [6.07, 6.45) is 0. The number of hydrogen-bond donors (Lipinski definition) is 2. The highest BCUT2D eigenvalue weighted by Gasteiger charge is 2.16. The molecule has 0 fully saturated rings. The lowest BCUT2D eigenvalue weighted by Gasteiger charge is -2.11. The minimum Gasteiger partial charge on any atom is -0.323 e. The number of non-ortho nitro benzene ring substituents is 1. The Bertz CT molecular complexity index is 465. The number of carbonyl (C=O) groups excluding carboxylic acids is 1. The Labute approximate surface area is 103 Å². The number of anilines is 1. The number of nitro benzene ring substituents is 1. The Balaban J connectivity index is 2.79. The predicted molar refractivity (Wildman–Crippen MR) is 64.8 cm³/mol. The second-order valence-electron chi connectivity index (χ2n) is 3.87. The lowest BCUT2D eigenvalue weighted by molar-refractivity contribution is -0.385. The molecule has 0 aliphatic heterocycles. The molecule has 0 radical (unpaired) electrons. The first-order valence-electron chi connectivity index (χ1n) is 5.35. The maximum Gasteiger partial charge on any atom is 0.272 e. The topological polar surface area (TPSA) is 84.3 Å². The SMILES string of the molecule is CNCC(C)C(=O)Nc1ccc([N+](=O)[O-])cc1F. The summed E-state index contributed by atoms with van der Waals surface area (Å²) in [4.78, 5) is 21.3. The highest BCUT2D eigenvalue weighted by molar-refractivity contribution is 5.92. The van der Waals surface area contributed by atoms with E-state index in [0.29, 0.717) is 6.54 Å². The lowest BCUT2D eigenvalue weighted by Crippen LogP contribution is -2.28. The van der Waals surface area contributed by atoms with Gasteiger partial charge < -0.3 is 10.6 Å². The molecule has 18 heavy (non-hydrogen) atoms. The molecule has 0 spiro atoms. The van der Waals surface area contributed by atoms with Gasteiger partial charge in [-0.05, 0) is 13.1 Å². The third kappa shape index (κ3) is 3.49. The molecule has 1 aromatic carbocycles. The second kappa shape index (κ2) is 6.06. The summed E-state index contributed by atoms with van der Waals surface area (Å²) in [6, 6.07) is 3.09. The smallest absolute Gasteiger partial charge is 0.272 e. The van der Waals surface area contributed by atoms with Crippen molar-refractivity contribution in [3.8, 4) is 0 Å². The lowest BCUT2D eigenvalue weighted by atomic mass is 10.1. The van der Waals surface area contributed by atoms with Gasteiger partial charge in [-0.2, -0.15) is 0 Å². The van der Waals surface area contributed by atoms with Gasteiger partial charge in [0.15, 0.2) is 5.82 Å². The van der Waals surface area contributed by atoms with E-state index >= 15 is 0 Å². The standard InChI is InChI=1S/C11H14FN3O3/c1-7(6-13-2)11(16)14-10-4-3-8(15(17)18)5-9(10)12/h3-5,7,13H,6H2,1-2H3,(H,14,16). The van der Waals surface area contributed by atoms with Crippen LogP contribution in [0.1, 0.15) is 6.92 Å². The van der Waals surface area contributed by atoms with E-state index in [9.17, 15) is 19.3 Å². The van der Waals surface area contributed by atoms with Gasteiger partial charge in [0.05, 0.1) is 16.7 Å². The number of rotatable bonds is 5. The Morgan fingerprint density at radius 2 is 2.22 bits per heavy atom. The van der Waals surface area contributed by atoms with Crippen molar-refractivity contribution >= 4 is 17.3 Å². The number of nitro groups is 1. The van der Waals surface area contributed by atoms with Gasteiger partial charge in [-0.25, -0.2) is 4.39 Å². The van der Waals surface area contributed by atoms with Crippen LogP contribution in [0.25, 0.3) is 0 Å². The Kier molecular flexibility index (Phi) is 4.73. The monoisotopic (exact) mass is 255 g/mol. The summed E-state index contributed by atoms with van der Waals surface area (Å²) in [5.41, 5.74) is -0.415. The normalized spacial score (nSPS) is 11.9. The van der Waals surface area contributed by atoms with Gasteiger partial charge >= 0.3 is 0 Å². The summed E-state index contributed by atoms with van der Waals surface area (Å²) in [6.45, 7) is 2.15. The molecule has 6 nitrogen and oxygen atoms in total. The van der Waals surface area contributed by atoms with Gasteiger partial charge in [-0.1, -0.05) is 6.92 Å². The molecule has 0 heterocycles. The molecule has 1 amide bonds. The summed E-state index contributed by atoms with van der Waals surface area (Å²) in [7, 11) is 1.70. The molecule has 0 saturated carbocycles. The van der Waals surface area contributed by atoms with Crippen molar-refractivity contribution in [1.82, 2.24) is 5.32 Å². The fourth-order valence-corrected chi connectivity index (χ4v) is 1.37. The van der Waals surface area contributed by atoms with Crippen molar-refractivity contribution in [2.24, 2.45) is 5.92 Å². The van der Waals surface area contributed by atoms with Gasteiger partial charge in [0.2, 0.25) is 5.91 Å². The quantitative estimate of drug-likeness (QED) is 0.617. The van der Waals surface area contributed by atoms with Crippen LogP contribution in [0.2, 0.25) is 0 Å². The van der Waals surface area contributed by atoms with Crippen LogP contribution < -0.4 is 10.6 Å². The fraction of sp³-hybridized carbons (Fsp3) is 0.364. The van der Waals surface area contributed by atoms with Crippen LogP contribution in [0.3, 0.4) is 0 Å². The van der Waals surface area contributed by atoms with E-state index in [2.05, 4.69) is 10.6 Å². The molecule has 0 aliphatic rings. The molecule has 1 unspecified atom stereocenters. The summed E-state index contributed by atoms with van der Waals surface area (Å²) in [5.74, 6) is -1.50. The largest absolute Gasteiger partial charge is 0.323 e. The van der Waals surface area contributed by atoms with Gasteiger partial charge in [0.25, 0.3) is 5.69 Å². The Hall–Kier alpha value is -2.02. The van der Waals surface area contributed by atoms with E-state index < -0.39 is 10.7 Å². The maximum atomic E-state index is 13.5. The minimum absolute atomic E-state index is 0.0615. The number of hydrogen-bond acceptors (Lipinski definition) is 4. The zero-order valence-electron chi connectivity index (χ0n) is 10.1. The van der Waals surface area contributed by atoms with Gasteiger partial charge in [0.1, 0.15) is 0 Å². The van der Waals surface area contributed by atoms with Crippen molar-refractivity contribution in [2.75, 3.05) is 18.9 Å². The van der Waals surface area contributed by atoms with Crippen LogP contribution in [-0.2, 0) is 4.79 Å². The average molecular weight is 255 g/mol. The second-order valence-corrected chi connectivity index (χ2v) is 3.87. The number of nitrogens with zero attached hydrogens (tertiary/aromatic N) is 1. The molecule has 0 bridgehead atoms. The fourth-order valence-electron chi connectivity index (χ4n) is 1.37. The maximum absolute atomic E-state index is 13.5. The van der Waals surface area contributed by atoms with Crippen LogP contribution in [0.5, 0.6) is 0 Å². The van der Waals surface area contributed by atoms with Crippen LogP contribution in [0.15, 0.2) is 18.2 Å². The molecule has 1 atom stereocenters. The number of amides is 1. The molecule has 1 aromatic rings. The molecule has 2 N–H and O–H groups in total. The highest BCUT2D eigenvalue weighted by Crippen LogP contribution is 2.20. The Morgan fingerprint density at radius 3 is 2.72 bits per heavy atom. The van der Waals surface area contributed by atoms with Crippen molar-refractivity contribution in [3.05, 3.63) is 34.1 Å². The van der Waals surface area contributed by atoms with E-state index in [-0.39, 0.29) is 23.2 Å². The van der Waals surface area contributed by atoms with Gasteiger partial charge in [-0.3, -0.25) is 14.9 Å². The first-order chi connectivity index (χ1) is 8.45. The third-order valence-electron chi connectivity index (χ3n) is 2.38. The van der Waals surface area contributed by atoms with Crippen molar-refractivity contribution in [2.45, 2.75) is 6.92 Å². The van der Waals surface area contributed by atoms with E-state index in [0.717, 1.165) is 12.1 Å². The molecule has 1 rings (SSSR count). The number of carbonyl (C=O) groups is 1. The Morgan fingerprint density at radius 1 is 1.56 bits per heavy atom. The van der Waals surface area contributed by atoms with E-state index in [1.54, 1.807) is 14.0 Å². The molecular weight excluding hydrogens is 241 g/mol.